The Morgan fingerprint density at radius 1 is 1.04 bits per heavy atom. The minimum atomic E-state index is -0.0506. The number of morpholine rings is 1. The van der Waals surface area contributed by atoms with Crippen molar-refractivity contribution in [1.29, 1.82) is 0 Å². The first kappa shape index (κ1) is 17.0. The van der Waals surface area contributed by atoms with Gasteiger partial charge in [0.1, 0.15) is 0 Å². The summed E-state index contributed by atoms with van der Waals surface area (Å²) in [7, 11) is 0. The summed E-state index contributed by atoms with van der Waals surface area (Å²) < 4.78 is 5.34. The van der Waals surface area contributed by atoms with Gasteiger partial charge < -0.3 is 14.5 Å². The van der Waals surface area contributed by atoms with E-state index in [1.54, 1.807) is 11.3 Å². The summed E-state index contributed by atoms with van der Waals surface area (Å²) in [5.41, 5.74) is 1.37. The number of hydrogen-bond donors (Lipinski definition) is 0. The van der Waals surface area contributed by atoms with Crippen LogP contribution in [0.4, 0.5) is 0 Å². The Labute approximate surface area is 152 Å². The van der Waals surface area contributed by atoms with Crippen molar-refractivity contribution in [2.24, 2.45) is 5.92 Å². The monoisotopic (exact) mass is 362 g/mol. The second kappa shape index (κ2) is 7.46. The molecule has 1 aromatic rings. The number of likely N-dealkylation sites (tertiary alicyclic amines) is 1. The van der Waals surface area contributed by atoms with Gasteiger partial charge >= 0.3 is 0 Å². The highest BCUT2D eigenvalue weighted by atomic mass is 32.1. The summed E-state index contributed by atoms with van der Waals surface area (Å²) in [6.45, 7) is 3.96. The van der Waals surface area contributed by atoms with Crippen LogP contribution in [0.1, 0.15) is 45.8 Å². The van der Waals surface area contributed by atoms with E-state index < -0.39 is 0 Å². The van der Waals surface area contributed by atoms with Gasteiger partial charge in [-0.3, -0.25) is 9.59 Å². The molecule has 1 aromatic heterocycles. The number of fused-ring (bicyclic) bond motifs is 1. The van der Waals surface area contributed by atoms with Crippen LogP contribution in [0.25, 0.3) is 0 Å². The van der Waals surface area contributed by atoms with E-state index in [0.717, 1.165) is 37.1 Å². The van der Waals surface area contributed by atoms with E-state index in [9.17, 15) is 9.59 Å². The van der Waals surface area contributed by atoms with Gasteiger partial charge in [0.2, 0.25) is 5.91 Å². The molecule has 1 unspecified atom stereocenters. The molecule has 2 aliphatic heterocycles. The minimum absolute atomic E-state index is 0.0506. The highest BCUT2D eigenvalue weighted by Gasteiger charge is 2.33. The molecule has 0 aromatic carbocycles. The van der Waals surface area contributed by atoms with Crippen LogP contribution < -0.4 is 0 Å². The van der Waals surface area contributed by atoms with Crippen molar-refractivity contribution in [3.8, 4) is 0 Å². The maximum Gasteiger partial charge on any atom is 0.263 e. The number of hydrogen-bond acceptors (Lipinski definition) is 4. The number of amides is 2. The molecule has 2 fully saturated rings. The number of rotatable bonds is 2. The number of ether oxygens (including phenoxy) is 1. The number of carbonyl (C=O) groups excluding carboxylic acids is 2. The first-order valence-corrected chi connectivity index (χ1v) is 10.3. The predicted molar refractivity (Wildman–Crippen MR) is 97.0 cm³/mol. The Hall–Kier alpha value is -1.40. The van der Waals surface area contributed by atoms with Crippen molar-refractivity contribution in [1.82, 2.24) is 9.80 Å². The largest absolute Gasteiger partial charge is 0.378 e. The molecule has 1 aliphatic carbocycles. The van der Waals surface area contributed by atoms with Crippen LogP contribution in [0.3, 0.4) is 0 Å². The molecule has 136 valence electrons. The van der Waals surface area contributed by atoms with E-state index in [-0.39, 0.29) is 17.7 Å². The fourth-order valence-electron chi connectivity index (χ4n) is 4.16. The molecule has 5 nitrogen and oxygen atoms in total. The molecule has 4 rings (SSSR count). The van der Waals surface area contributed by atoms with Crippen molar-refractivity contribution < 1.29 is 14.3 Å². The topological polar surface area (TPSA) is 49.9 Å². The van der Waals surface area contributed by atoms with Gasteiger partial charge in [-0.25, -0.2) is 0 Å². The average molecular weight is 362 g/mol. The first-order valence-electron chi connectivity index (χ1n) is 9.50. The lowest BCUT2D eigenvalue weighted by molar-refractivity contribution is -0.141. The van der Waals surface area contributed by atoms with E-state index in [0.29, 0.717) is 32.8 Å². The molecule has 0 spiro atoms. The second-order valence-electron chi connectivity index (χ2n) is 7.29. The maximum absolute atomic E-state index is 13.0. The minimum Gasteiger partial charge on any atom is -0.378 e. The Morgan fingerprint density at radius 3 is 2.64 bits per heavy atom. The molecule has 0 saturated carbocycles. The van der Waals surface area contributed by atoms with Crippen LogP contribution in [-0.4, -0.2) is 61.0 Å². The molecule has 0 N–H and O–H groups in total. The molecule has 3 heterocycles. The molecule has 0 radical (unpaired) electrons. The van der Waals surface area contributed by atoms with Crippen molar-refractivity contribution in [2.75, 3.05) is 39.4 Å². The standard InChI is InChI=1S/C19H26N2O3S/c22-18(20-8-10-24-11-9-20)15-5-3-7-21(13-15)19(23)17-12-14-4-1-2-6-16(14)25-17/h12,15H,1-11,13H2. The molecule has 25 heavy (non-hydrogen) atoms. The molecule has 6 heteroatoms. The van der Waals surface area contributed by atoms with Gasteiger partial charge in [0.25, 0.3) is 5.91 Å². The van der Waals surface area contributed by atoms with Gasteiger partial charge in [-0.05, 0) is 50.2 Å². The summed E-state index contributed by atoms with van der Waals surface area (Å²) >= 11 is 1.67. The van der Waals surface area contributed by atoms with E-state index in [4.69, 9.17) is 4.74 Å². The quantitative estimate of drug-likeness (QED) is 0.811. The van der Waals surface area contributed by atoms with Gasteiger partial charge in [-0.2, -0.15) is 0 Å². The number of aryl methyl sites for hydroxylation is 2. The average Bonchev–Trinajstić information content (AvgIpc) is 3.12. The second-order valence-corrected chi connectivity index (χ2v) is 8.43. The van der Waals surface area contributed by atoms with Gasteiger partial charge in [-0.1, -0.05) is 0 Å². The Kier molecular flexibility index (Phi) is 5.08. The van der Waals surface area contributed by atoms with Gasteiger partial charge in [0, 0.05) is 31.1 Å². The molecular weight excluding hydrogens is 336 g/mol. The van der Waals surface area contributed by atoms with E-state index in [2.05, 4.69) is 6.07 Å². The van der Waals surface area contributed by atoms with Crippen molar-refractivity contribution in [3.05, 3.63) is 21.4 Å². The van der Waals surface area contributed by atoms with Crippen LogP contribution in [0, 0.1) is 5.92 Å². The normalized spacial score (nSPS) is 24.1. The molecule has 1 atom stereocenters. The maximum atomic E-state index is 13.0. The van der Waals surface area contributed by atoms with Gasteiger partial charge in [-0.15, -0.1) is 11.3 Å². The third-order valence-electron chi connectivity index (χ3n) is 5.59. The Morgan fingerprint density at radius 2 is 1.84 bits per heavy atom. The zero-order valence-corrected chi connectivity index (χ0v) is 15.5. The van der Waals surface area contributed by atoms with Crippen LogP contribution in [0.15, 0.2) is 6.07 Å². The fourth-order valence-corrected chi connectivity index (χ4v) is 5.38. The number of thiophene rings is 1. The lowest BCUT2D eigenvalue weighted by atomic mass is 9.96. The van der Waals surface area contributed by atoms with Crippen molar-refractivity contribution in [2.45, 2.75) is 38.5 Å². The van der Waals surface area contributed by atoms with E-state index in [1.807, 2.05) is 9.80 Å². The van der Waals surface area contributed by atoms with E-state index >= 15 is 0 Å². The van der Waals surface area contributed by atoms with Gasteiger partial charge in [0.05, 0.1) is 24.0 Å². The summed E-state index contributed by atoms with van der Waals surface area (Å²) in [4.78, 5) is 31.8. The van der Waals surface area contributed by atoms with Crippen LogP contribution in [0.5, 0.6) is 0 Å². The highest BCUT2D eigenvalue weighted by Crippen LogP contribution is 2.31. The molecule has 2 amide bonds. The number of carbonyl (C=O) groups is 2. The van der Waals surface area contributed by atoms with Crippen molar-refractivity contribution >= 4 is 23.2 Å². The summed E-state index contributed by atoms with van der Waals surface area (Å²) in [5, 5.41) is 0. The van der Waals surface area contributed by atoms with Crippen LogP contribution in [-0.2, 0) is 22.4 Å². The zero-order valence-electron chi connectivity index (χ0n) is 14.7. The summed E-state index contributed by atoms with van der Waals surface area (Å²) in [6.07, 6.45) is 6.50. The number of piperidine rings is 1. The summed E-state index contributed by atoms with van der Waals surface area (Å²) in [6, 6.07) is 2.11. The molecule has 0 bridgehead atoms. The predicted octanol–water partition coefficient (Wildman–Crippen LogP) is 2.34. The zero-order chi connectivity index (χ0) is 17.2. The van der Waals surface area contributed by atoms with Crippen LogP contribution in [0.2, 0.25) is 0 Å². The van der Waals surface area contributed by atoms with Crippen molar-refractivity contribution in [3.63, 3.8) is 0 Å². The Bertz CT molecular complexity index is 628. The third kappa shape index (κ3) is 3.60. The van der Waals surface area contributed by atoms with E-state index in [1.165, 1.54) is 23.3 Å². The fraction of sp³-hybridized carbons (Fsp3) is 0.684. The molecular formula is C19H26N2O3S. The molecule has 2 saturated heterocycles. The Balaban J connectivity index is 1.42. The van der Waals surface area contributed by atoms with Gasteiger partial charge in [0.15, 0.2) is 0 Å². The SMILES string of the molecule is O=C(c1cc2c(s1)CCCC2)N1CCCC(C(=O)N2CCOCC2)C1. The smallest absolute Gasteiger partial charge is 0.263 e. The first-order chi connectivity index (χ1) is 12.2. The lowest BCUT2D eigenvalue weighted by Crippen LogP contribution is -2.49. The summed E-state index contributed by atoms with van der Waals surface area (Å²) in [5.74, 6) is 0.274. The third-order valence-corrected chi connectivity index (χ3v) is 6.81. The highest BCUT2D eigenvalue weighted by molar-refractivity contribution is 7.14. The number of nitrogens with zero attached hydrogens (tertiary/aromatic N) is 2. The van der Waals surface area contributed by atoms with Crippen LogP contribution >= 0.6 is 11.3 Å². The lowest BCUT2D eigenvalue weighted by Gasteiger charge is -2.36. The molecule has 3 aliphatic rings.